The molecule has 1 aliphatic rings. The highest BCUT2D eigenvalue weighted by Gasteiger charge is 2.29. The predicted molar refractivity (Wildman–Crippen MR) is 133 cm³/mol. The highest BCUT2D eigenvalue weighted by atomic mass is 16.4. The van der Waals surface area contributed by atoms with Crippen molar-refractivity contribution in [3.05, 3.63) is 81.5 Å². The number of benzene rings is 2. The lowest BCUT2D eigenvalue weighted by atomic mass is 9.88. The van der Waals surface area contributed by atoms with E-state index in [0.29, 0.717) is 24.0 Å². The van der Waals surface area contributed by atoms with Crippen molar-refractivity contribution in [2.75, 3.05) is 0 Å². The van der Waals surface area contributed by atoms with Crippen LogP contribution in [0.1, 0.15) is 82.3 Å². The van der Waals surface area contributed by atoms with Crippen molar-refractivity contribution in [1.29, 1.82) is 0 Å². The quantitative estimate of drug-likeness (QED) is 0.461. The van der Waals surface area contributed by atoms with Crippen molar-refractivity contribution in [3.63, 3.8) is 0 Å². The van der Waals surface area contributed by atoms with E-state index in [0.717, 1.165) is 54.2 Å². The first-order valence-electron chi connectivity index (χ1n) is 12.2. The summed E-state index contributed by atoms with van der Waals surface area (Å²) < 4.78 is 2.64. The molecule has 0 bridgehead atoms. The lowest BCUT2D eigenvalue weighted by Gasteiger charge is -2.20. The van der Waals surface area contributed by atoms with Crippen LogP contribution in [-0.4, -0.2) is 32.4 Å². The monoisotopic (exact) mass is 474 g/mol. The van der Waals surface area contributed by atoms with Gasteiger partial charge < -0.3 is 5.11 Å². The molecule has 0 saturated heterocycles. The van der Waals surface area contributed by atoms with Gasteiger partial charge in [-0.3, -0.25) is 14.2 Å². The Bertz CT molecular complexity index is 1290. The van der Waals surface area contributed by atoms with Gasteiger partial charge in [-0.15, -0.1) is 0 Å². The average molecular weight is 475 g/mol. The van der Waals surface area contributed by atoms with Crippen molar-refractivity contribution in [2.24, 2.45) is 5.92 Å². The fourth-order valence-electron chi connectivity index (χ4n) is 5.03. The normalized spacial score (nSPS) is 14.1. The molecular formula is C28H30N2O5. The zero-order chi connectivity index (χ0) is 24.9. The van der Waals surface area contributed by atoms with Crippen molar-refractivity contribution in [1.82, 2.24) is 9.13 Å². The summed E-state index contributed by atoms with van der Waals surface area (Å²) in [6.45, 7) is 2.19. The molecule has 4 rings (SSSR count). The smallest absolute Gasteiger partial charge is 0.336 e. The molecule has 0 amide bonds. The van der Waals surface area contributed by atoms with Crippen LogP contribution in [0, 0.1) is 5.92 Å². The Balaban J connectivity index is 1.69. The predicted octanol–water partition coefficient (Wildman–Crippen LogP) is 5.05. The number of carboxylic acids is 1. The highest BCUT2D eigenvalue weighted by Crippen LogP contribution is 2.27. The Hall–Kier alpha value is -3.74. The molecule has 182 valence electrons. The lowest BCUT2D eigenvalue weighted by molar-refractivity contribution is 0.0697. The van der Waals surface area contributed by atoms with Gasteiger partial charge in [0.05, 0.1) is 17.8 Å². The van der Waals surface area contributed by atoms with E-state index in [1.807, 2.05) is 31.2 Å². The Morgan fingerprint density at radius 1 is 1.03 bits per heavy atom. The lowest BCUT2D eigenvalue weighted by Crippen LogP contribution is -2.35. The van der Waals surface area contributed by atoms with Gasteiger partial charge in [0.1, 0.15) is 5.69 Å². The average Bonchev–Trinajstić information content (AvgIpc) is 3.15. The number of nitrogens with zero attached hydrogens (tertiary/aromatic N) is 2. The van der Waals surface area contributed by atoms with Crippen LogP contribution in [0.4, 0.5) is 0 Å². The number of rotatable bonds is 8. The summed E-state index contributed by atoms with van der Waals surface area (Å²) in [6, 6.07) is 14.1. The summed E-state index contributed by atoms with van der Waals surface area (Å²) in [5.41, 5.74) is 2.69. The molecule has 0 atom stereocenters. The first-order valence-corrected chi connectivity index (χ1v) is 12.2. The number of carboxylic acid groups (broad SMARTS) is 1. The van der Waals surface area contributed by atoms with Crippen LogP contribution < -0.4 is 5.69 Å². The van der Waals surface area contributed by atoms with Crippen LogP contribution in [0.15, 0.2) is 53.3 Å². The summed E-state index contributed by atoms with van der Waals surface area (Å²) in [4.78, 5) is 50.3. The third-order valence-corrected chi connectivity index (χ3v) is 6.82. The van der Waals surface area contributed by atoms with E-state index in [1.54, 1.807) is 24.3 Å². The summed E-state index contributed by atoms with van der Waals surface area (Å²) in [5, 5.41) is 9.48. The maximum Gasteiger partial charge on any atom is 0.336 e. The molecule has 7 heteroatoms. The van der Waals surface area contributed by atoms with Crippen LogP contribution >= 0.6 is 0 Å². The number of aldehydes is 1. The maximum absolute atomic E-state index is 13.4. The van der Waals surface area contributed by atoms with E-state index >= 15 is 0 Å². The Labute approximate surface area is 204 Å². The largest absolute Gasteiger partial charge is 0.478 e. The van der Waals surface area contributed by atoms with Gasteiger partial charge in [0.2, 0.25) is 5.91 Å². The summed E-state index contributed by atoms with van der Waals surface area (Å²) >= 11 is 0. The molecule has 7 nitrogen and oxygen atoms in total. The Kier molecular flexibility index (Phi) is 7.44. The first-order chi connectivity index (χ1) is 17.0. The highest BCUT2D eigenvalue weighted by molar-refractivity contribution is 5.96. The molecule has 0 spiro atoms. The molecule has 3 aromatic rings. The van der Waals surface area contributed by atoms with Gasteiger partial charge in [0.15, 0.2) is 6.29 Å². The van der Waals surface area contributed by atoms with Crippen LogP contribution in [0.3, 0.4) is 0 Å². The molecule has 2 aromatic carbocycles. The minimum Gasteiger partial charge on any atom is -0.478 e. The molecule has 0 aliphatic heterocycles. The second-order valence-electron chi connectivity index (χ2n) is 9.12. The number of hydrogen-bond acceptors (Lipinski definition) is 4. The summed E-state index contributed by atoms with van der Waals surface area (Å²) in [5.74, 6) is -1.49. The van der Waals surface area contributed by atoms with Gasteiger partial charge in [-0.1, -0.05) is 75.1 Å². The van der Waals surface area contributed by atoms with E-state index in [1.165, 1.54) is 4.57 Å². The van der Waals surface area contributed by atoms with E-state index < -0.39 is 11.7 Å². The summed E-state index contributed by atoms with van der Waals surface area (Å²) in [6.07, 6.45) is 6.38. The standard InChI is InChI=1S/C28H30N2O5/c1-2-8-24-25(18-31)30(26(32)21-9-4-3-5-10-21)28(35)29(24)17-19-13-15-20(16-14-19)22-11-6-7-12-23(22)27(33)34/h6-7,11-16,18,21H,2-5,8-10,17H2,1H3,(H,33,34). The van der Waals surface area contributed by atoms with Crippen LogP contribution in [-0.2, 0) is 13.0 Å². The third-order valence-electron chi connectivity index (χ3n) is 6.82. The van der Waals surface area contributed by atoms with Crippen LogP contribution in [0.2, 0.25) is 0 Å². The fraction of sp³-hybridized carbons (Fsp3) is 0.357. The number of carbonyl (C=O) groups is 3. The van der Waals surface area contributed by atoms with E-state index in [-0.39, 0.29) is 29.6 Å². The van der Waals surface area contributed by atoms with E-state index in [4.69, 9.17) is 0 Å². The molecule has 0 unspecified atom stereocenters. The minimum absolute atomic E-state index is 0.166. The molecule has 1 N–H and O–H groups in total. The van der Waals surface area contributed by atoms with Crippen molar-refractivity contribution in [3.8, 4) is 11.1 Å². The second-order valence-corrected chi connectivity index (χ2v) is 9.12. The van der Waals surface area contributed by atoms with Crippen LogP contribution in [0.25, 0.3) is 11.1 Å². The molecule has 1 fully saturated rings. The minimum atomic E-state index is -0.995. The second kappa shape index (κ2) is 10.7. The Morgan fingerprint density at radius 3 is 2.34 bits per heavy atom. The van der Waals surface area contributed by atoms with Crippen molar-refractivity contribution >= 4 is 18.2 Å². The maximum atomic E-state index is 13.4. The van der Waals surface area contributed by atoms with Crippen molar-refractivity contribution < 1.29 is 19.5 Å². The molecule has 35 heavy (non-hydrogen) atoms. The number of aromatic nitrogens is 2. The van der Waals surface area contributed by atoms with Crippen molar-refractivity contribution in [2.45, 2.75) is 58.4 Å². The van der Waals surface area contributed by atoms with E-state index in [9.17, 15) is 24.3 Å². The molecule has 1 aliphatic carbocycles. The third kappa shape index (κ3) is 4.90. The van der Waals surface area contributed by atoms with Gasteiger partial charge in [-0.25, -0.2) is 14.2 Å². The number of carbonyl (C=O) groups excluding carboxylic acids is 2. The molecule has 1 heterocycles. The first kappa shape index (κ1) is 24.4. The molecule has 1 aromatic heterocycles. The summed E-state index contributed by atoms with van der Waals surface area (Å²) in [7, 11) is 0. The number of aromatic carboxylic acids is 1. The zero-order valence-electron chi connectivity index (χ0n) is 19.9. The van der Waals surface area contributed by atoms with Gasteiger partial charge in [0, 0.05) is 5.92 Å². The molecule has 1 saturated carbocycles. The topological polar surface area (TPSA) is 98.4 Å². The Morgan fingerprint density at radius 2 is 1.71 bits per heavy atom. The van der Waals surface area contributed by atoms with Gasteiger partial charge in [0.25, 0.3) is 0 Å². The molecular weight excluding hydrogens is 444 g/mol. The number of hydrogen-bond donors (Lipinski definition) is 1. The van der Waals surface area contributed by atoms with Gasteiger partial charge in [-0.2, -0.15) is 0 Å². The fourth-order valence-corrected chi connectivity index (χ4v) is 5.03. The van der Waals surface area contributed by atoms with Gasteiger partial charge >= 0.3 is 11.7 Å². The van der Waals surface area contributed by atoms with Gasteiger partial charge in [-0.05, 0) is 42.0 Å². The van der Waals surface area contributed by atoms with E-state index in [2.05, 4.69) is 0 Å². The SMILES string of the molecule is CCCc1c(C=O)n(C(=O)C2CCCCC2)c(=O)n1Cc1ccc(-c2ccccc2C(=O)O)cc1. The van der Waals surface area contributed by atoms with Crippen LogP contribution in [0.5, 0.6) is 0 Å². The zero-order valence-corrected chi connectivity index (χ0v) is 19.9. The number of imidazole rings is 1. The molecule has 0 radical (unpaired) electrons.